The van der Waals surface area contributed by atoms with E-state index in [2.05, 4.69) is 15.3 Å². The molecule has 0 spiro atoms. The molecule has 3 heterocycles. The van der Waals surface area contributed by atoms with Gasteiger partial charge in [-0.2, -0.15) is 0 Å². The molecule has 30 heavy (non-hydrogen) atoms. The Morgan fingerprint density at radius 3 is 2.70 bits per heavy atom. The predicted molar refractivity (Wildman–Crippen MR) is 113 cm³/mol. The third kappa shape index (κ3) is 3.75. The predicted octanol–water partition coefficient (Wildman–Crippen LogP) is 3.06. The van der Waals surface area contributed by atoms with Gasteiger partial charge in [0, 0.05) is 29.9 Å². The number of nitrogens with zero attached hydrogens (tertiary/aromatic N) is 3. The number of para-hydroxylation sites is 2. The van der Waals surface area contributed by atoms with E-state index in [1.54, 1.807) is 24.5 Å². The van der Waals surface area contributed by atoms with Crippen molar-refractivity contribution in [2.75, 3.05) is 5.32 Å². The number of anilines is 1. The summed E-state index contributed by atoms with van der Waals surface area (Å²) in [6.45, 7) is 0.701. The highest BCUT2D eigenvalue weighted by molar-refractivity contribution is 6.22. The van der Waals surface area contributed by atoms with Crippen LogP contribution < -0.4 is 10.7 Å². The van der Waals surface area contributed by atoms with Gasteiger partial charge in [-0.3, -0.25) is 14.4 Å². The highest BCUT2D eigenvalue weighted by Gasteiger charge is 2.21. The molecule has 5 rings (SSSR count). The van der Waals surface area contributed by atoms with Gasteiger partial charge in [0.05, 0.1) is 22.9 Å². The zero-order valence-corrected chi connectivity index (χ0v) is 15.9. The first-order valence-electron chi connectivity index (χ1n) is 9.39. The highest BCUT2D eigenvalue weighted by Crippen LogP contribution is 2.27. The number of carbonyl (C=O) groups excluding carboxylic acids is 1. The largest absolute Gasteiger partial charge is 0.481 e. The van der Waals surface area contributed by atoms with Gasteiger partial charge in [0.2, 0.25) is 0 Å². The Labute approximate surface area is 170 Å². The number of fused-ring (bicyclic) bond motifs is 1. The van der Waals surface area contributed by atoms with Crippen molar-refractivity contribution in [1.29, 1.82) is 0 Å². The van der Waals surface area contributed by atoms with Gasteiger partial charge in [-0.15, -0.1) is 0 Å². The quantitative estimate of drug-likeness (QED) is 0.542. The van der Waals surface area contributed by atoms with Crippen molar-refractivity contribution in [2.45, 2.75) is 19.4 Å². The van der Waals surface area contributed by atoms with Gasteiger partial charge in [0.25, 0.3) is 5.91 Å². The maximum atomic E-state index is 11.7. The fourth-order valence-corrected chi connectivity index (χ4v) is 3.39. The van der Waals surface area contributed by atoms with Crippen LogP contribution in [0.5, 0.6) is 0 Å². The average molecular weight is 402 g/mol. The molecule has 0 aliphatic carbocycles. The number of rotatable bonds is 4. The second-order valence-corrected chi connectivity index (χ2v) is 6.76. The van der Waals surface area contributed by atoms with Gasteiger partial charge >= 0.3 is 5.97 Å². The molecule has 0 saturated heterocycles. The maximum Gasteiger partial charge on any atom is 0.303 e. The number of aryl methyl sites for hydroxylation is 1. The molecule has 150 valence electrons. The lowest BCUT2D eigenvalue weighted by molar-refractivity contribution is -0.137. The van der Waals surface area contributed by atoms with Crippen LogP contribution in [-0.4, -0.2) is 31.5 Å². The van der Waals surface area contributed by atoms with Gasteiger partial charge in [-0.25, -0.2) is 9.97 Å². The standard InChI is InChI=1S/C11H6N2O2.C11H12N2O2/c14-8-3-1-2-7-9-6(8)4-5-12-10(9)13-11(7)15;14-11(15)6-3-7-13-8-12-9-4-1-2-5-10(9)13/h1-5H,(H,12,13,15);1-2,4-5,8H,3,6-7H2,(H,14,15). The van der Waals surface area contributed by atoms with Crippen molar-refractivity contribution in [2.24, 2.45) is 0 Å². The van der Waals surface area contributed by atoms with Gasteiger partial charge < -0.3 is 15.0 Å². The fourth-order valence-electron chi connectivity index (χ4n) is 3.39. The molecule has 1 aliphatic heterocycles. The summed E-state index contributed by atoms with van der Waals surface area (Å²) in [5.74, 6) is -0.482. The van der Waals surface area contributed by atoms with Crippen LogP contribution in [0.3, 0.4) is 0 Å². The molecule has 0 radical (unpaired) electrons. The van der Waals surface area contributed by atoms with E-state index in [0.29, 0.717) is 35.1 Å². The molecular weight excluding hydrogens is 384 g/mol. The number of amides is 1. The molecule has 0 bridgehead atoms. The van der Waals surface area contributed by atoms with E-state index in [0.717, 1.165) is 11.0 Å². The minimum atomic E-state index is -0.751. The number of pyridine rings is 1. The highest BCUT2D eigenvalue weighted by atomic mass is 16.4. The molecule has 8 heteroatoms. The number of carbonyl (C=O) groups is 2. The van der Waals surface area contributed by atoms with Crippen molar-refractivity contribution in [3.05, 3.63) is 76.8 Å². The fraction of sp³-hybridized carbons (Fsp3) is 0.136. The first-order valence-corrected chi connectivity index (χ1v) is 9.39. The van der Waals surface area contributed by atoms with E-state index >= 15 is 0 Å². The van der Waals surface area contributed by atoms with Crippen molar-refractivity contribution in [3.8, 4) is 0 Å². The molecule has 2 aromatic carbocycles. The van der Waals surface area contributed by atoms with Crippen LogP contribution in [0.25, 0.3) is 21.8 Å². The lowest BCUT2D eigenvalue weighted by Gasteiger charge is -2.01. The average Bonchev–Trinajstić information content (AvgIpc) is 3.23. The van der Waals surface area contributed by atoms with E-state index in [-0.39, 0.29) is 17.8 Å². The molecule has 4 aromatic rings. The first kappa shape index (κ1) is 19.3. The summed E-state index contributed by atoms with van der Waals surface area (Å²) in [5, 5.41) is 12.3. The molecule has 0 fully saturated rings. The second-order valence-electron chi connectivity index (χ2n) is 6.76. The molecule has 0 atom stereocenters. The summed E-state index contributed by atoms with van der Waals surface area (Å²) in [5.41, 5.74) is 2.42. The normalized spacial score (nSPS) is 11.8. The lowest BCUT2D eigenvalue weighted by Crippen LogP contribution is -2.04. The van der Waals surface area contributed by atoms with Crippen LogP contribution in [0.2, 0.25) is 0 Å². The molecular formula is C22H18N4O4. The van der Waals surface area contributed by atoms with E-state index in [9.17, 15) is 14.4 Å². The number of imidazole rings is 1. The van der Waals surface area contributed by atoms with Crippen LogP contribution in [-0.2, 0) is 11.3 Å². The summed E-state index contributed by atoms with van der Waals surface area (Å²) in [6, 6.07) is 14.1. The summed E-state index contributed by atoms with van der Waals surface area (Å²) in [4.78, 5) is 41.8. The Hall–Kier alpha value is -4.07. The van der Waals surface area contributed by atoms with E-state index < -0.39 is 5.97 Å². The van der Waals surface area contributed by atoms with E-state index in [4.69, 9.17) is 5.11 Å². The second kappa shape index (κ2) is 8.12. The van der Waals surface area contributed by atoms with Crippen molar-refractivity contribution >= 4 is 39.5 Å². The molecule has 8 nitrogen and oxygen atoms in total. The smallest absolute Gasteiger partial charge is 0.303 e. The Kier molecular flexibility index (Phi) is 5.21. The van der Waals surface area contributed by atoms with Gasteiger partial charge in [0.15, 0.2) is 5.43 Å². The van der Waals surface area contributed by atoms with Crippen LogP contribution in [0, 0.1) is 0 Å². The Morgan fingerprint density at radius 2 is 1.87 bits per heavy atom. The molecule has 2 N–H and O–H groups in total. The topological polar surface area (TPSA) is 114 Å². The Balaban J connectivity index is 0.000000145. The Bertz CT molecular complexity index is 1330. The maximum absolute atomic E-state index is 11.7. The van der Waals surface area contributed by atoms with Crippen LogP contribution in [0.4, 0.5) is 5.82 Å². The summed E-state index contributed by atoms with van der Waals surface area (Å²) in [7, 11) is 0. The number of nitrogens with one attached hydrogen (secondary N) is 1. The third-order valence-electron chi connectivity index (χ3n) is 4.79. The van der Waals surface area contributed by atoms with Gasteiger partial charge in [-0.1, -0.05) is 18.2 Å². The monoisotopic (exact) mass is 402 g/mol. The van der Waals surface area contributed by atoms with E-state index in [1.165, 1.54) is 12.3 Å². The molecule has 0 saturated carbocycles. The minimum Gasteiger partial charge on any atom is -0.481 e. The molecule has 2 aromatic heterocycles. The minimum absolute atomic E-state index is 0.101. The summed E-state index contributed by atoms with van der Waals surface area (Å²) in [6.07, 6.45) is 4.11. The zero-order chi connectivity index (χ0) is 21.1. The van der Waals surface area contributed by atoms with E-state index in [1.807, 2.05) is 28.8 Å². The zero-order valence-electron chi connectivity index (χ0n) is 15.9. The van der Waals surface area contributed by atoms with Crippen LogP contribution in [0.15, 0.2) is 65.8 Å². The lowest BCUT2D eigenvalue weighted by atomic mass is 10.1. The number of aliphatic carboxylic acids is 1. The molecule has 1 amide bonds. The number of carboxylic acids is 1. The van der Waals surface area contributed by atoms with Crippen molar-refractivity contribution < 1.29 is 14.7 Å². The number of carboxylic acid groups (broad SMARTS) is 1. The summed E-state index contributed by atoms with van der Waals surface area (Å²) < 4.78 is 1.98. The SMILES string of the molecule is O=C(O)CCCn1cnc2ccccc21.O=C1Nc2nccc3c(=O)cccc1c23. The van der Waals surface area contributed by atoms with Crippen LogP contribution >= 0.6 is 0 Å². The first-order chi connectivity index (χ1) is 14.5. The number of hydrogen-bond acceptors (Lipinski definition) is 5. The van der Waals surface area contributed by atoms with Crippen molar-refractivity contribution in [1.82, 2.24) is 14.5 Å². The number of aromatic nitrogens is 3. The number of hydrogen-bond donors (Lipinski definition) is 2. The number of benzene rings is 1. The Morgan fingerprint density at radius 1 is 1.03 bits per heavy atom. The summed E-state index contributed by atoms with van der Waals surface area (Å²) >= 11 is 0. The molecule has 0 unspecified atom stereocenters. The van der Waals surface area contributed by atoms with Gasteiger partial charge in [0.1, 0.15) is 5.82 Å². The third-order valence-corrected chi connectivity index (χ3v) is 4.79. The van der Waals surface area contributed by atoms with Gasteiger partial charge in [-0.05, 0) is 36.8 Å². The van der Waals surface area contributed by atoms with Crippen LogP contribution in [0.1, 0.15) is 23.2 Å². The molecule has 1 aliphatic rings. The van der Waals surface area contributed by atoms with Crippen molar-refractivity contribution in [3.63, 3.8) is 0 Å².